The van der Waals surface area contributed by atoms with Crippen LogP contribution >= 0.6 is 0 Å². The summed E-state index contributed by atoms with van der Waals surface area (Å²) in [6, 6.07) is 0. The van der Waals surface area contributed by atoms with E-state index in [2.05, 4.69) is 4.74 Å². The Labute approximate surface area is 77.3 Å². The summed E-state index contributed by atoms with van der Waals surface area (Å²) in [6.07, 6.45) is 0.546. The summed E-state index contributed by atoms with van der Waals surface area (Å²) in [6.45, 7) is 5.08. The highest BCUT2D eigenvalue weighted by molar-refractivity contribution is 6.62. The molecule has 74 valence electrons. The largest absolute Gasteiger partial charge is 0.460 e. The molecule has 0 aliphatic carbocycles. The molecule has 0 aromatic heterocycles. The first-order valence-electron chi connectivity index (χ1n) is 4.29. The Hall–Kier alpha value is -1.19. The molecular formula is C9H14O4. The minimum Gasteiger partial charge on any atom is -0.460 e. The summed E-state index contributed by atoms with van der Waals surface area (Å²) in [4.78, 5) is 33.0. The normalized spacial score (nSPS) is 11.9. The Balaban J connectivity index is 4.26. The molecule has 0 spiro atoms. The maximum Gasteiger partial charge on any atom is 0.382 e. The number of ether oxygens (including phenoxy) is 1. The van der Waals surface area contributed by atoms with Gasteiger partial charge >= 0.3 is 11.8 Å². The molecule has 0 aromatic rings. The van der Waals surface area contributed by atoms with Crippen LogP contribution in [0, 0.1) is 5.92 Å². The Morgan fingerprint density at radius 3 is 2.15 bits per heavy atom. The molecule has 1 atom stereocenters. The Bertz CT molecular complexity index is 220. The maximum absolute atomic E-state index is 11.1. The predicted molar refractivity (Wildman–Crippen MR) is 46.1 cm³/mol. The van der Waals surface area contributed by atoms with E-state index >= 15 is 0 Å². The fourth-order valence-electron chi connectivity index (χ4n) is 0.706. The van der Waals surface area contributed by atoms with Crippen LogP contribution in [-0.2, 0) is 19.1 Å². The van der Waals surface area contributed by atoms with Gasteiger partial charge in [-0.2, -0.15) is 0 Å². The van der Waals surface area contributed by atoms with Gasteiger partial charge in [0.05, 0.1) is 6.61 Å². The van der Waals surface area contributed by atoms with Gasteiger partial charge in [0.25, 0.3) is 0 Å². The van der Waals surface area contributed by atoms with E-state index in [1.165, 1.54) is 0 Å². The van der Waals surface area contributed by atoms with Crippen LogP contribution in [0.25, 0.3) is 0 Å². The van der Waals surface area contributed by atoms with Crippen molar-refractivity contribution in [2.75, 3.05) is 6.61 Å². The van der Waals surface area contributed by atoms with Crippen molar-refractivity contribution in [3.63, 3.8) is 0 Å². The van der Waals surface area contributed by atoms with Crippen molar-refractivity contribution in [2.24, 2.45) is 5.92 Å². The van der Waals surface area contributed by atoms with Gasteiger partial charge in [0.1, 0.15) is 0 Å². The molecule has 0 radical (unpaired) electrons. The average Bonchev–Trinajstić information content (AvgIpc) is 2.14. The second-order valence-electron chi connectivity index (χ2n) is 2.72. The minimum atomic E-state index is -1.05. The van der Waals surface area contributed by atoms with Gasteiger partial charge in [0, 0.05) is 5.92 Å². The third-order valence-electron chi connectivity index (χ3n) is 1.74. The summed E-state index contributed by atoms with van der Waals surface area (Å²) >= 11 is 0. The number of carbonyl (C=O) groups is 3. The number of hydrogen-bond acceptors (Lipinski definition) is 4. The minimum absolute atomic E-state index is 0.109. The highest BCUT2D eigenvalue weighted by atomic mass is 16.5. The van der Waals surface area contributed by atoms with Crippen LogP contribution in [0.15, 0.2) is 0 Å². The molecule has 0 aliphatic heterocycles. The first kappa shape index (κ1) is 11.8. The van der Waals surface area contributed by atoms with Crippen molar-refractivity contribution in [3.8, 4) is 0 Å². The smallest absolute Gasteiger partial charge is 0.382 e. The van der Waals surface area contributed by atoms with Crippen molar-refractivity contribution in [3.05, 3.63) is 0 Å². The van der Waals surface area contributed by atoms with Gasteiger partial charge in [-0.15, -0.1) is 0 Å². The molecular weight excluding hydrogens is 172 g/mol. The van der Waals surface area contributed by atoms with Crippen molar-refractivity contribution in [1.29, 1.82) is 0 Å². The average molecular weight is 186 g/mol. The summed E-state index contributed by atoms with van der Waals surface area (Å²) in [5.74, 6) is -3.16. The topological polar surface area (TPSA) is 60.4 Å². The van der Waals surface area contributed by atoms with E-state index in [-0.39, 0.29) is 6.61 Å². The molecule has 4 heteroatoms. The first-order chi connectivity index (χ1) is 6.04. The lowest BCUT2D eigenvalue weighted by Crippen LogP contribution is -2.30. The van der Waals surface area contributed by atoms with Gasteiger partial charge in [-0.05, 0) is 13.3 Å². The highest BCUT2D eigenvalue weighted by Gasteiger charge is 2.27. The van der Waals surface area contributed by atoms with Crippen LogP contribution in [0.1, 0.15) is 27.2 Å². The number of Topliss-reactive ketones (excluding diaryl/α,β-unsaturated/α-hetero) is 2. The first-order valence-corrected chi connectivity index (χ1v) is 4.29. The molecule has 0 N–H and O–H groups in total. The van der Waals surface area contributed by atoms with Crippen LogP contribution in [0.5, 0.6) is 0 Å². The van der Waals surface area contributed by atoms with Gasteiger partial charge in [-0.25, -0.2) is 4.79 Å². The number of esters is 1. The molecule has 0 rings (SSSR count). The van der Waals surface area contributed by atoms with Gasteiger partial charge in [0.2, 0.25) is 5.78 Å². The van der Waals surface area contributed by atoms with Gasteiger partial charge in [-0.1, -0.05) is 13.8 Å². The van der Waals surface area contributed by atoms with E-state index in [1.807, 2.05) is 0 Å². The molecule has 0 heterocycles. The van der Waals surface area contributed by atoms with Crippen molar-refractivity contribution >= 4 is 17.5 Å². The van der Waals surface area contributed by atoms with Crippen molar-refractivity contribution in [1.82, 2.24) is 0 Å². The monoisotopic (exact) mass is 186 g/mol. The van der Waals surface area contributed by atoms with Crippen molar-refractivity contribution < 1.29 is 19.1 Å². The molecule has 0 fully saturated rings. The maximum atomic E-state index is 11.1. The van der Waals surface area contributed by atoms with Crippen LogP contribution in [0.4, 0.5) is 0 Å². The molecule has 0 bridgehead atoms. The molecule has 0 amide bonds. The van der Waals surface area contributed by atoms with E-state index in [0.717, 1.165) is 0 Å². The lowest BCUT2D eigenvalue weighted by atomic mass is 10.0. The van der Waals surface area contributed by atoms with E-state index in [1.54, 1.807) is 20.8 Å². The molecule has 0 saturated heterocycles. The summed E-state index contributed by atoms with van der Waals surface area (Å²) in [5, 5.41) is 0. The second-order valence-corrected chi connectivity index (χ2v) is 2.72. The molecule has 4 nitrogen and oxygen atoms in total. The van der Waals surface area contributed by atoms with Crippen molar-refractivity contribution in [2.45, 2.75) is 27.2 Å². The Morgan fingerprint density at radius 1 is 1.23 bits per heavy atom. The quantitative estimate of drug-likeness (QED) is 0.361. The number of carbonyl (C=O) groups excluding carboxylic acids is 3. The molecule has 1 unspecified atom stereocenters. The fourth-order valence-corrected chi connectivity index (χ4v) is 0.706. The van der Waals surface area contributed by atoms with Crippen LogP contribution in [0.3, 0.4) is 0 Å². The number of ketones is 2. The van der Waals surface area contributed by atoms with E-state index < -0.39 is 23.5 Å². The van der Waals surface area contributed by atoms with E-state index in [0.29, 0.717) is 6.42 Å². The third kappa shape index (κ3) is 3.36. The van der Waals surface area contributed by atoms with Crippen LogP contribution < -0.4 is 0 Å². The molecule has 0 aliphatic rings. The number of rotatable bonds is 5. The summed E-state index contributed by atoms with van der Waals surface area (Å²) in [5.41, 5.74) is 0. The van der Waals surface area contributed by atoms with E-state index in [9.17, 15) is 14.4 Å². The third-order valence-corrected chi connectivity index (χ3v) is 1.74. The Morgan fingerprint density at radius 2 is 1.77 bits per heavy atom. The van der Waals surface area contributed by atoms with Gasteiger partial charge in [0.15, 0.2) is 0 Å². The van der Waals surface area contributed by atoms with Gasteiger partial charge in [-0.3, -0.25) is 9.59 Å². The highest BCUT2D eigenvalue weighted by Crippen LogP contribution is 2.03. The SMILES string of the molecule is CCOC(=O)C(=O)C(=O)C(C)CC. The molecule has 13 heavy (non-hydrogen) atoms. The van der Waals surface area contributed by atoms with Crippen LogP contribution in [-0.4, -0.2) is 24.1 Å². The summed E-state index contributed by atoms with van der Waals surface area (Å²) < 4.78 is 4.41. The standard InChI is InChI=1S/C9H14O4/c1-4-6(3)7(10)8(11)9(12)13-5-2/h6H,4-5H2,1-3H3. The Kier molecular flexibility index (Phi) is 4.96. The molecule has 0 saturated carbocycles. The zero-order chi connectivity index (χ0) is 10.4. The van der Waals surface area contributed by atoms with E-state index in [4.69, 9.17) is 0 Å². The molecule has 0 aromatic carbocycles. The lowest BCUT2D eigenvalue weighted by Gasteiger charge is -2.04. The zero-order valence-corrected chi connectivity index (χ0v) is 8.12. The lowest BCUT2D eigenvalue weighted by molar-refractivity contribution is -0.157. The number of hydrogen-bond donors (Lipinski definition) is 0. The summed E-state index contributed by atoms with van der Waals surface area (Å²) in [7, 11) is 0. The zero-order valence-electron chi connectivity index (χ0n) is 8.12. The predicted octanol–water partition coefficient (Wildman–Crippen LogP) is 0.734. The second kappa shape index (κ2) is 5.45. The van der Waals surface area contributed by atoms with Gasteiger partial charge < -0.3 is 4.74 Å². The fraction of sp³-hybridized carbons (Fsp3) is 0.667. The van der Waals surface area contributed by atoms with Crippen LogP contribution in [0.2, 0.25) is 0 Å².